The number of rotatable bonds is 5. The third-order valence-electron chi connectivity index (χ3n) is 4.07. The highest BCUT2D eigenvalue weighted by Crippen LogP contribution is 2.27. The van der Waals surface area contributed by atoms with Crippen LogP contribution in [0.15, 0.2) is 71.7 Å². The number of nitrogens with one attached hydrogen (secondary N) is 1. The van der Waals surface area contributed by atoms with Crippen LogP contribution in [0.25, 0.3) is 0 Å². The van der Waals surface area contributed by atoms with Crippen LogP contribution in [0.1, 0.15) is 21.5 Å². The molecule has 0 bridgehead atoms. The number of nitrogens with zero attached hydrogens (tertiary/aromatic N) is 2. The van der Waals surface area contributed by atoms with E-state index in [0.717, 1.165) is 11.6 Å². The van der Waals surface area contributed by atoms with Crippen molar-refractivity contribution >= 4 is 29.2 Å². The van der Waals surface area contributed by atoms with Gasteiger partial charge in [0, 0.05) is 23.5 Å². The maximum atomic E-state index is 12.3. The number of anilines is 1. The number of aliphatic imine (C=N–C) groups is 1. The summed E-state index contributed by atoms with van der Waals surface area (Å²) >= 11 is 0. The highest BCUT2D eigenvalue weighted by atomic mass is 16.6. The van der Waals surface area contributed by atoms with Crippen LogP contribution in [-0.2, 0) is 0 Å². The number of amides is 1. The summed E-state index contributed by atoms with van der Waals surface area (Å²) < 4.78 is 0. The van der Waals surface area contributed by atoms with E-state index < -0.39 is 16.4 Å². The molecule has 1 amide bonds. The molecule has 7 nitrogen and oxygen atoms in total. The number of hydrogen-bond donors (Lipinski definition) is 1. The van der Waals surface area contributed by atoms with E-state index in [0.29, 0.717) is 16.9 Å². The monoisotopic (exact) mass is 374 g/mol. The molecule has 3 rings (SSSR count). The van der Waals surface area contributed by atoms with Crippen LogP contribution < -0.4 is 10.4 Å². The molecule has 0 saturated carbocycles. The van der Waals surface area contributed by atoms with Gasteiger partial charge in [0.2, 0.25) is 0 Å². The molecule has 3 aromatic carbocycles. The Bertz CT molecular complexity index is 1060. The fourth-order valence-electron chi connectivity index (χ4n) is 2.58. The molecule has 140 valence electrons. The van der Waals surface area contributed by atoms with E-state index in [4.69, 9.17) is 0 Å². The van der Waals surface area contributed by atoms with Gasteiger partial charge in [-0.15, -0.1) is 0 Å². The molecule has 0 aliphatic rings. The zero-order valence-corrected chi connectivity index (χ0v) is 15.0. The fourth-order valence-corrected chi connectivity index (χ4v) is 2.58. The first-order valence-corrected chi connectivity index (χ1v) is 8.41. The number of para-hydroxylation sites is 1. The first kappa shape index (κ1) is 18.8. The second kappa shape index (κ2) is 8.13. The number of carbonyl (C=O) groups is 1. The Labute approximate surface area is 161 Å². The van der Waals surface area contributed by atoms with Gasteiger partial charge >= 0.3 is 0 Å². The third kappa shape index (κ3) is 4.21. The number of nitro groups is 1. The summed E-state index contributed by atoms with van der Waals surface area (Å²) in [5.41, 5.74) is 2.19. The molecule has 0 atom stereocenters. The van der Waals surface area contributed by atoms with E-state index in [1.54, 1.807) is 42.5 Å². The molecule has 0 fully saturated rings. The van der Waals surface area contributed by atoms with Gasteiger partial charge in [-0.2, -0.15) is 0 Å². The molecular formula is C21H16N3O4-. The number of nitro benzene ring substituents is 1. The van der Waals surface area contributed by atoms with Gasteiger partial charge in [-0.3, -0.25) is 19.9 Å². The van der Waals surface area contributed by atoms with E-state index >= 15 is 0 Å². The van der Waals surface area contributed by atoms with Crippen molar-refractivity contribution in [3.63, 3.8) is 0 Å². The zero-order valence-electron chi connectivity index (χ0n) is 15.0. The van der Waals surface area contributed by atoms with Crippen LogP contribution in [-0.4, -0.2) is 17.0 Å². The van der Waals surface area contributed by atoms with Gasteiger partial charge < -0.3 is 10.4 Å². The predicted molar refractivity (Wildman–Crippen MR) is 105 cm³/mol. The van der Waals surface area contributed by atoms with E-state index in [1.807, 2.05) is 13.0 Å². The Morgan fingerprint density at radius 2 is 1.82 bits per heavy atom. The number of hydrogen-bond acceptors (Lipinski definition) is 5. The van der Waals surface area contributed by atoms with Crippen LogP contribution in [0.5, 0.6) is 5.75 Å². The molecule has 7 heteroatoms. The molecule has 0 saturated heterocycles. The maximum Gasteiger partial charge on any atom is 0.262 e. The molecule has 1 N–H and O–H groups in total. The quantitative estimate of drug-likeness (QED) is 0.414. The molecule has 28 heavy (non-hydrogen) atoms. The van der Waals surface area contributed by atoms with Gasteiger partial charge in [0.15, 0.2) is 0 Å². The molecule has 0 unspecified atom stereocenters. The minimum atomic E-state index is -0.714. The van der Waals surface area contributed by atoms with E-state index in [9.17, 15) is 20.0 Å². The van der Waals surface area contributed by atoms with Crippen molar-refractivity contribution in [3.05, 3.63) is 93.5 Å². The Kier molecular flexibility index (Phi) is 5.45. The lowest BCUT2D eigenvalue weighted by molar-refractivity contribution is -0.398. The minimum Gasteiger partial charge on any atom is -0.867 e. The average Bonchev–Trinajstić information content (AvgIpc) is 2.69. The normalized spacial score (nSPS) is 10.8. The van der Waals surface area contributed by atoms with Crippen molar-refractivity contribution in [1.29, 1.82) is 0 Å². The molecule has 0 aromatic heterocycles. The largest absolute Gasteiger partial charge is 0.867 e. The summed E-state index contributed by atoms with van der Waals surface area (Å²) in [7, 11) is 0. The van der Waals surface area contributed by atoms with Crippen LogP contribution in [0, 0.1) is 17.0 Å². The molecule has 3 aromatic rings. The Balaban J connectivity index is 1.78. The summed E-state index contributed by atoms with van der Waals surface area (Å²) in [6, 6.07) is 18.1. The van der Waals surface area contributed by atoms with Crippen molar-refractivity contribution in [2.75, 3.05) is 5.32 Å². The maximum absolute atomic E-state index is 12.3. The third-order valence-corrected chi connectivity index (χ3v) is 4.07. The SMILES string of the molecule is Cc1cc(N=Cc2cccc([N+](=O)[O-])c2[O-])ccc1NC(=O)c1ccccc1. The molecule has 0 heterocycles. The smallest absolute Gasteiger partial charge is 0.262 e. The van der Waals surface area contributed by atoms with Crippen LogP contribution >= 0.6 is 0 Å². The fraction of sp³-hybridized carbons (Fsp3) is 0.0476. The molecule has 0 aliphatic heterocycles. The van der Waals surface area contributed by atoms with Gasteiger partial charge in [0.05, 0.1) is 10.6 Å². The second-order valence-electron chi connectivity index (χ2n) is 6.03. The van der Waals surface area contributed by atoms with Gasteiger partial charge in [0.25, 0.3) is 11.6 Å². The summed E-state index contributed by atoms with van der Waals surface area (Å²) in [5.74, 6) is -0.896. The Hall–Kier alpha value is -4.00. The van der Waals surface area contributed by atoms with Crippen molar-refractivity contribution in [2.45, 2.75) is 6.92 Å². The lowest BCUT2D eigenvalue weighted by Crippen LogP contribution is -2.12. The van der Waals surface area contributed by atoms with Crippen molar-refractivity contribution in [1.82, 2.24) is 0 Å². The van der Waals surface area contributed by atoms with Crippen LogP contribution in [0.3, 0.4) is 0 Å². The van der Waals surface area contributed by atoms with Crippen molar-refractivity contribution in [2.24, 2.45) is 4.99 Å². The standard InChI is InChI=1S/C21H17N3O4/c1-14-12-17(22-13-16-8-5-9-19(20(16)25)24(27)28)10-11-18(14)23-21(26)15-6-3-2-4-7-15/h2-13,25H,1H3,(H,23,26)/p-1. The predicted octanol–water partition coefficient (Wildman–Crippen LogP) is 3.98. The Morgan fingerprint density at radius 1 is 1.07 bits per heavy atom. The first-order chi connectivity index (χ1) is 13.5. The van der Waals surface area contributed by atoms with E-state index in [-0.39, 0.29) is 11.5 Å². The van der Waals surface area contributed by atoms with Crippen LogP contribution in [0.4, 0.5) is 17.1 Å². The number of benzene rings is 3. The second-order valence-corrected chi connectivity index (χ2v) is 6.03. The van der Waals surface area contributed by atoms with Crippen molar-refractivity contribution in [3.8, 4) is 5.75 Å². The molecule has 0 spiro atoms. The summed E-state index contributed by atoms with van der Waals surface area (Å²) in [4.78, 5) is 26.6. The topological polar surface area (TPSA) is 108 Å². The minimum absolute atomic E-state index is 0.133. The number of aryl methyl sites for hydroxylation is 1. The molecule has 0 radical (unpaired) electrons. The number of carbonyl (C=O) groups excluding carboxylic acids is 1. The average molecular weight is 374 g/mol. The highest BCUT2D eigenvalue weighted by molar-refractivity contribution is 6.04. The van der Waals surface area contributed by atoms with Gasteiger partial charge in [-0.05, 0) is 54.1 Å². The summed E-state index contributed by atoms with van der Waals surface area (Å²) in [5, 5.41) is 25.7. The lowest BCUT2D eigenvalue weighted by atomic mass is 10.1. The van der Waals surface area contributed by atoms with Gasteiger partial charge in [0.1, 0.15) is 0 Å². The van der Waals surface area contributed by atoms with Gasteiger partial charge in [-0.25, -0.2) is 0 Å². The van der Waals surface area contributed by atoms with E-state index in [2.05, 4.69) is 10.3 Å². The first-order valence-electron chi connectivity index (χ1n) is 8.41. The summed E-state index contributed by atoms with van der Waals surface area (Å²) in [6.07, 6.45) is 1.30. The lowest BCUT2D eigenvalue weighted by Gasteiger charge is -2.10. The Morgan fingerprint density at radius 3 is 2.50 bits per heavy atom. The van der Waals surface area contributed by atoms with Crippen LogP contribution in [0.2, 0.25) is 0 Å². The van der Waals surface area contributed by atoms with Crippen molar-refractivity contribution < 1.29 is 14.8 Å². The molecular weight excluding hydrogens is 358 g/mol. The van der Waals surface area contributed by atoms with E-state index in [1.165, 1.54) is 18.3 Å². The zero-order chi connectivity index (χ0) is 20.1. The molecule has 0 aliphatic carbocycles. The van der Waals surface area contributed by atoms with Gasteiger partial charge in [-0.1, -0.05) is 30.3 Å². The summed E-state index contributed by atoms with van der Waals surface area (Å²) in [6.45, 7) is 1.83. The highest BCUT2D eigenvalue weighted by Gasteiger charge is 2.09.